The van der Waals surface area contributed by atoms with Crippen molar-refractivity contribution in [1.82, 2.24) is 9.78 Å². The van der Waals surface area contributed by atoms with Gasteiger partial charge in [-0.3, -0.25) is 4.68 Å². The molecule has 0 aliphatic rings. The molecule has 19 heavy (non-hydrogen) atoms. The topological polar surface area (TPSA) is 53.1 Å². The molecule has 0 bridgehead atoms. The molecular formula is C13H15Br2N3O. The number of aryl methyl sites for hydroxylation is 2. The van der Waals surface area contributed by atoms with E-state index in [2.05, 4.69) is 43.9 Å². The SMILES string of the molecule is CCc1nn(C)c(COc2cccc(N)c2Br)c1Br. The number of nitrogens with zero attached hydrogens (tertiary/aromatic N) is 2. The molecule has 0 aliphatic heterocycles. The van der Waals surface area contributed by atoms with E-state index in [1.807, 2.05) is 29.9 Å². The lowest BCUT2D eigenvalue weighted by atomic mass is 10.3. The van der Waals surface area contributed by atoms with Crippen molar-refractivity contribution in [3.8, 4) is 5.75 Å². The maximum Gasteiger partial charge on any atom is 0.136 e. The fourth-order valence-electron chi connectivity index (χ4n) is 1.76. The van der Waals surface area contributed by atoms with Crippen LogP contribution in [0.4, 0.5) is 5.69 Å². The standard InChI is InChI=1S/C13H15Br2N3O/c1-3-9-13(15)10(18(2)17-9)7-19-11-6-4-5-8(16)12(11)14/h4-6H,3,7,16H2,1-2H3. The molecule has 1 aromatic heterocycles. The van der Waals surface area contributed by atoms with E-state index in [1.54, 1.807) is 0 Å². The number of anilines is 1. The second-order valence-electron chi connectivity index (χ2n) is 4.13. The highest BCUT2D eigenvalue weighted by Crippen LogP contribution is 2.31. The number of hydrogen-bond donors (Lipinski definition) is 1. The fraction of sp³-hybridized carbons (Fsp3) is 0.308. The van der Waals surface area contributed by atoms with Crippen molar-refractivity contribution < 1.29 is 4.74 Å². The van der Waals surface area contributed by atoms with Gasteiger partial charge in [0.2, 0.25) is 0 Å². The Kier molecular flexibility index (Phi) is 4.52. The second-order valence-corrected chi connectivity index (χ2v) is 5.72. The summed E-state index contributed by atoms with van der Waals surface area (Å²) in [7, 11) is 1.91. The Morgan fingerprint density at radius 2 is 2.05 bits per heavy atom. The Morgan fingerprint density at radius 3 is 2.68 bits per heavy atom. The molecular weight excluding hydrogens is 374 g/mol. The smallest absolute Gasteiger partial charge is 0.136 e. The first-order valence-corrected chi connectivity index (χ1v) is 7.50. The van der Waals surface area contributed by atoms with E-state index >= 15 is 0 Å². The minimum absolute atomic E-state index is 0.437. The lowest BCUT2D eigenvalue weighted by Crippen LogP contribution is -2.04. The molecule has 0 spiro atoms. The van der Waals surface area contributed by atoms with Crippen molar-refractivity contribution in [2.24, 2.45) is 7.05 Å². The second kappa shape index (κ2) is 5.96. The molecule has 0 atom stereocenters. The molecule has 0 amide bonds. The number of aromatic nitrogens is 2. The maximum atomic E-state index is 5.82. The van der Waals surface area contributed by atoms with Crippen molar-refractivity contribution >= 4 is 37.5 Å². The third-order valence-corrected chi connectivity index (χ3v) is 4.62. The molecule has 0 unspecified atom stereocenters. The Morgan fingerprint density at radius 1 is 1.32 bits per heavy atom. The summed E-state index contributed by atoms with van der Waals surface area (Å²) in [5.41, 5.74) is 8.52. The summed E-state index contributed by atoms with van der Waals surface area (Å²) in [6, 6.07) is 5.57. The van der Waals surface area contributed by atoms with E-state index in [0.717, 1.165) is 32.5 Å². The van der Waals surface area contributed by atoms with Gasteiger partial charge in [-0.25, -0.2) is 0 Å². The van der Waals surface area contributed by atoms with E-state index in [9.17, 15) is 0 Å². The Labute approximate surface area is 129 Å². The number of nitrogen functional groups attached to an aromatic ring is 1. The minimum Gasteiger partial charge on any atom is -0.486 e. The van der Waals surface area contributed by atoms with Gasteiger partial charge in [0.25, 0.3) is 0 Å². The van der Waals surface area contributed by atoms with Crippen molar-refractivity contribution in [2.45, 2.75) is 20.0 Å². The molecule has 0 saturated heterocycles. The predicted octanol–water partition coefficient (Wildman–Crippen LogP) is 3.67. The van der Waals surface area contributed by atoms with Crippen LogP contribution in [0.2, 0.25) is 0 Å². The maximum absolute atomic E-state index is 5.82. The summed E-state index contributed by atoms with van der Waals surface area (Å²) in [5.74, 6) is 0.728. The highest BCUT2D eigenvalue weighted by molar-refractivity contribution is 9.11. The van der Waals surface area contributed by atoms with Gasteiger partial charge in [-0.2, -0.15) is 5.10 Å². The highest BCUT2D eigenvalue weighted by Gasteiger charge is 2.13. The number of hydrogen-bond acceptors (Lipinski definition) is 3. The first kappa shape index (κ1) is 14.4. The number of ether oxygens (including phenoxy) is 1. The number of halogens is 2. The molecule has 2 N–H and O–H groups in total. The average Bonchev–Trinajstić information content (AvgIpc) is 2.66. The van der Waals surface area contributed by atoms with Crippen molar-refractivity contribution in [3.05, 3.63) is 38.5 Å². The molecule has 0 radical (unpaired) electrons. The molecule has 2 rings (SSSR count). The zero-order chi connectivity index (χ0) is 14.0. The Bertz CT molecular complexity index is 596. The summed E-state index contributed by atoms with van der Waals surface area (Å²) >= 11 is 6.99. The molecule has 1 heterocycles. The van der Waals surface area contributed by atoms with Gasteiger partial charge in [-0.15, -0.1) is 0 Å². The summed E-state index contributed by atoms with van der Waals surface area (Å²) in [4.78, 5) is 0. The average molecular weight is 389 g/mol. The van der Waals surface area contributed by atoms with Crippen molar-refractivity contribution in [3.63, 3.8) is 0 Å². The molecule has 6 heteroatoms. The van der Waals surface area contributed by atoms with Gasteiger partial charge in [0.1, 0.15) is 12.4 Å². The Hall–Kier alpha value is -1.01. The van der Waals surface area contributed by atoms with E-state index < -0.39 is 0 Å². The van der Waals surface area contributed by atoms with Gasteiger partial charge < -0.3 is 10.5 Å². The molecule has 0 saturated carbocycles. The van der Waals surface area contributed by atoms with Gasteiger partial charge in [0.05, 0.1) is 20.3 Å². The third kappa shape index (κ3) is 2.95. The zero-order valence-corrected chi connectivity index (χ0v) is 14.0. The summed E-state index contributed by atoms with van der Waals surface area (Å²) in [6.45, 7) is 2.51. The fourth-order valence-corrected chi connectivity index (χ4v) is 2.87. The van der Waals surface area contributed by atoms with Crippen molar-refractivity contribution in [2.75, 3.05) is 5.73 Å². The normalized spacial score (nSPS) is 10.7. The van der Waals surface area contributed by atoms with Gasteiger partial charge in [-0.05, 0) is 50.4 Å². The molecule has 102 valence electrons. The first-order chi connectivity index (χ1) is 9.04. The number of rotatable bonds is 4. The van der Waals surface area contributed by atoms with Crippen LogP contribution in [0.1, 0.15) is 18.3 Å². The largest absolute Gasteiger partial charge is 0.486 e. The lowest BCUT2D eigenvalue weighted by Gasteiger charge is -2.10. The van der Waals surface area contributed by atoms with Crippen LogP contribution in [-0.2, 0) is 20.1 Å². The quantitative estimate of drug-likeness (QED) is 0.813. The first-order valence-electron chi connectivity index (χ1n) is 5.91. The molecule has 0 aliphatic carbocycles. The predicted molar refractivity (Wildman–Crippen MR) is 83.2 cm³/mol. The lowest BCUT2D eigenvalue weighted by molar-refractivity contribution is 0.292. The van der Waals surface area contributed by atoms with Crippen LogP contribution >= 0.6 is 31.9 Å². The van der Waals surface area contributed by atoms with Crippen LogP contribution in [0.5, 0.6) is 5.75 Å². The van der Waals surface area contributed by atoms with E-state index in [-0.39, 0.29) is 0 Å². The van der Waals surface area contributed by atoms with Crippen LogP contribution in [0.3, 0.4) is 0 Å². The molecule has 0 fully saturated rings. The summed E-state index contributed by atoms with van der Waals surface area (Å²) in [6.07, 6.45) is 0.885. The summed E-state index contributed by atoms with van der Waals surface area (Å²) < 4.78 is 9.43. The number of nitrogens with two attached hydrogens (primary N) is 1. The molecule has 2 aromatic rings. The molecule has 1 aromatic carbocycles. The monoisotopic (exact) mass is 387 g/mol. The summed E-state index contributed by atoms with van der Waals surface area (Å²) in [5, 5.41) is 4.43. The van der Waals surface area contributed by atoms with E-state index in [0.29, 0.717) is 12.3 Å². The van der Waals surface area contributed by atoms with Crippen LogP contribution in [0.15, 0.2) is 27.1 Å². The zero-order valence-electron chi connectivity index (χ0n) is 10.8. The molecule has 4 nitrogen and oxygen atoms in total. The third-order valence-electron chi connectivity index (χ3n) is 2.86. The highest BCUT2D eigenvalue weighted by atomic mass is 79.9. The van der Waals surface area contributed by atoms with Crippen LogP contribution in [0.25, 0.3) is 0 Å². The van der Waals surface area contributed by atoms with Gasteiger partial charge in [-0.1, -0.05) is 13.0 Å². The minimum atomic E-state index is 0.437. The van der Waals surface area contributed by atoms with E-state index in [1.165, 1.54) is 0 Å². The van der Waals surface area contributed by atoms with E-state index in [4.69, 9.17) is 10.5 Å². The van der Waals surface area contributed by atoms with Gasteiger partial charge in [0, 0.05) is 12.7 Å². The Balaban J connectivity index is 2.19. The van der Waals surface area contributed by atoms with Gasteiger partial charge >= 0.3 is 0 Å². The van der Waals surface area contributed by atoms with Crippen LogP contribution < -0.4 is 10.5 Å². The van der Waals surface area contributed by atoms with Crippen LogP contribution in [-0.4, -0.2) is 9.78 Å². The van der Waals surface area contributed by atoms with Crippen LogP contribution in [0, 0.1) is 0 Å². The number of benzene rings is 1. The van der Waals surface area contributed by atoms with Crippen molar-refractivity contribution in [1.29, 1.82) is 0 Å². The van der Waals surface area contributed by atoms with Gasteiger partial charge in [0.15, 0.2) is 0 Å².